The number of carbonyl (C=O) groups is 1. The van der Waals surface area contributed by atoms with Gasteiger partial charge in [-0.3, -0.25) is 4.79 Å². The Kier molecular flexibility index (Phi) is 5.19. The van der Waals surface area contributed by atoms with Gasteiger partial charge in [-0.2, -0.15) is 0 Å². The zero-order valence-corrected chi connectivity index (χ0v) is 12.3. The molecule has 5 nitrogen and oxygen atoms in total. The first-order valence-corrected chi connectivity index (χ1v) is 7.46. The standard InChI is InChI=1S/C14H28N4O/c1-17-6-5-11(9-17)10-18(2)13(8-15)7-14(19)16-12-3-4-12/h11-13H,3-10,15H2,1-2H3,(H,16,19). The molecule has 0 spiro atoms. The van der Waals surface area contributed by atoms with E-state index in [1.165, 1.54) is 13.0 Å². The lowest BCUT2D eigenvalue weighted by Crippen LogP contribution is -2.44. The Bertz CT molecular complexity index is 306. The predicted octanol–water partition coefficient (Wildman–Crippen LogP) is -0.134. The van der Waals surface area contributed by atoms with E-state index in [4.69, 9.17) is 5.73 Å². The molecule has 0 aromatic heterocycles. The third kappa shape index (κ3) is 4.75. The molecule has 1 saturated carbocycles. The van der Waals surface area contributed by atoms with Crippen molar-refractivity contribution >= 4 is 5.91 Å². The van der Waals surface area contributed by atoms with Crippen molar-refractivity contribution in [3.05, 3.63) is 0 Å². The Morgan fingerprint density at radius 2 is 2.21 bits per heavy atom. The van der Waals surface area contributed by atoms with Crippen LogP contribution in [0.2, 0.25) is 0 Å². The molecule has 19 heavy (non-hydrogen) atoms. The van der Waals surface area contributed by atoms with E-state index in [0.717, 1.165) is 31.8 Å². The van der Waals surface area contributed by atoms with E-state index in [0.29, 0.717) is 19.0 Å². The molecule has 110 valence electrons. The summed E-state index contributed by atoms with van der Waals surface area (Å²) in [6.45, 7) is 3.95. The number of hydrogen-bond donors (Lipinski definition) is 2. The molecule has 2 fully saturated rings. The molecule has 2 rings (SSSR count). The number of likely N-dealkylation sites (tertiary alicyclic amines) is 1. The molecule has 1 amide bonds. The van der Waals surface area contributed by atoms with Gasteiger partial charge < -0.3 is 20.9 Å². The zero-order chi connectivity index (χ0) is 13.8. The molecular weight excluding hydrogens is 240 g/mol. The van der Waals surface area contributed by atoms with Crippen molar-refractivity contribution in [3.8, 4) is 0 Å². The minimum Gasteiger partial charge on any atom is -0.353 e. The lowest BCUT2D eigenvalue weighted by atomic mass is 10.1. The number of likely N-dealkylation sites (N-methyl/N-ethyl adjacent to an activating group) is 1. The largest absolute Gasteiger partial charge is 0.353 e. The quantitative estimate of drug-likeness (QED) is 0.675. The minimum absolute atomic E-state index is 0.160. The van der Waals surface area contributed by atoms with Crippen LogP contribution in [0.25, 0.3) is 0 Å². The van der Waals surface area contributed by atoms with Crippen molar-refractivity contribution in [1.82, 2.24) is 15.1 Å². The molecule has 3 N–H and O–H groups in total. The fourth-order valence-electron chi connectivity index (χ4n) is 2.88. The summed E-state index contributed by atoms with van der Waals surface area (Å²) in [7, 11) is 4.27. The number of hydrogen-bond acceptors (Lipinski definition) is 4. The summed E-state index contributed by atoms with van der Waals surface area (Å²) in [5, 5.41) is 3.04. The maximum atomic E-state index is 11.9. The van der Waals surface area contributed by atoms with Crippen LogP contribution in [0.4, 0.5) is 0 Å². The lowest BCUT2D eigenvalue weighted by molar-refractivity contribution is -0.122. The third-order valence-corrected chi connectivity index (χ3v) is 4.29. The van der Waals surface area contributed by atoms with Gasteiger partial charge in [0, 0.05) is 38.1 Å². The van der Waals surface area contributed by atoms with Gasteiger partial charge in [-0.15, -0.1) is 0 Å². The minimum atomic E-state index is 0.160. The van der Waals surface area contributed by atoms with Crippen molar-refractivity contribution in [2.75, 3.05) is 40.3 Å². The molecule has 1 saturated heterocycles. The van der Waals surface area contributed by atoms with Crippen LogP contribution < -0.4 is 11.1 Å². The zero-order valence-electron chi connectivity index (χ0n) is 12.3. The van der Waals surface area contributed by atoms with Crippen LogP contribution in [0.1, 0.15) is 25.7 Å². The third-order valence-electron chi connectivity index (χ3n) is 4.29. The highest BCUT2D eigenvalue weighted by atomic mass is 16.1. The van der Waals surface area contributed by atoms with Gasteiger partial charge in [-0.1, -0.05) is 0 Å². The number of nitrogens with two attached hydrogens (primary N) is 1. The highest BCUT2D eigenvalue weighted by Crippen LogP contribution is 2.19. The van der Waals surface area contributed by atoms with Crippen LogP contribution >= 0.6 is 0 Å². The van der Waals surface area contributed by atoms with Gasteiger partial charge >= 0.3 is 0 Å². The van der Waals surface area contributed by atoms with E-state index >= 15 is 0 Å². The average Bonchev–Trinajstić information content (AvgIpc) is 3.08. The normalized spacial score (nSPS) is 25.8. The Balaban J connectivity index is 1.73. The highest BCUT2D eigenvalue weighted by Gasteiger charge is 2.27. The van der Waals surface area contributed by atoms with Crippen molar-refractivity contribution in [2.24, 2.45) is 11.7 Å². The van der Waals surface area contributed by atoms with Crippen molar-refractivity contribution in [3.63, 3.8) is 0 Å². The van der Waals surface area contributed by atoms with Gasteiger partial charge in [-0.25, -0.2) is 0 Å². The van der Waals surface area contributed by atoms with Crippen LogP contribution in [-0.2, 0) is 4.79 Å². The van der Waals surface area contributed by atoms with Gasteiger partial charge in [0.05, 0.1) is 0 Å². The van der Waals surface area contributed by atoms with Gasteiger partial charge in [0.2, 0.25) is 5.91 Å². The topological polar surface area (TPSA) is 61.6 Å². The van der Waals surface area contributed by atoms with Crippen molar-refractivity contribution < 1.29 is 4.79 Å². The molecule has 0 bridgehead atoms. The average molecular weight is 268 g/mol. The highest BCUT2D eigenvalue weighted by molar-refractivity contribution is 5.77. The first-order valence-electron chi connectivity index (χ1n) is 7.46. The summed E-state index contributed by atoms with van der Waals surface area (Å²) in [6.07, 6.45) is 4.07. The van der Waals surface area contributed by atoms with Crippen LogP contribution in [0.3, 0.4) is 0 Å². The second-order valence-electron chi connectivity index (χ2n) is 6.29. The summed E-state index contributed by atoms with van der Waals surface area (Å²) in [5.41, 5.74) is 5.84. The second kappa shape index (κ2) is 6.68. The molecular formula is C14H28N4O. The Morgan fingerprint density at radius 3 is 2.74 bits per heavy atom. The molecule has 2 unspecified atom stereocenters. The Morgan fingerprint density at radius 1 is 1.47 bits per heavy atom. The smallest absolute Gasteiger partial charge is 0.221 e. The van der Waals surface area contributed by atoms with Crippen molar-refractivity contribution in [2.45, 2.75) is 37.8 Å². The lowest BCUT2D eigenvalue weighted by Gasteiger charge is -2.29. The predicted molar refractivity (Wildman–Crippen MR) is 76.9 cm³/mol. The molecule has 2 atom stereocenters. The fraction of sp³-hybridized carbons (Fsp3) is 0.929. The van der Waals surface area contributed by atoms with Crippen LogP contribution in [0.5, 0.6) is 0 Å². The maximum Gasteiger partial charge on any atom is 0.221 e. The Labute approximate surface area is 116 Å². The number of rotatable bonds is 7. The van der Waals surface area contributed by atoms with E-state index in [1.54, 1.807) is 0 Å². The van der Waals surface area contributed by atoms with Crippen molar-refractivity contribution in [1.29, 1.82) is 0 Å². The molecule has 1 heterocycles. The van der Waals surface area contributed by atoms with E-state index in [9.17, 15) is 4.79 Å². The Hall–Kier alpha value is -0.650. The van der Waals surface area contributed by atoms with Crippen LogP contribution in [-0.4, -0.2) is 68.1 Å². The second-order valence-corrected chi connectivity index (χ2v) is 6.29. The van der Waals surface area contributed by atoms with Gasteiger partial charge in [0.25, 0.3) is 0 Å². The van der Waals surface area contributed by atoms with E-state index in [2.05, 4.69) is 29.2 Å². The summed E-state index contributed by atoms with van der Waals surface area (Å²) >= 11 is 0. The molecule has 1 aliphatic carbocycles. The fourth-order valence-corrected chi connectivity index (χ4v) is 2.88. The summed E-state index contributed by atoms with van der Waals surface area (Å²) in [6, 6.07) is 0.615. The van der Waals surface area contributed by atoms with Crippen LogP contribution in [0.15, 0.2) is 0 Å². The summed E-state index contributed by atoms with van der Waals surface area (Å²) < 4.78 is 0. The van der Waals surface area contributed by atoms with Gasteiger partial charge in [-0.05, 0) is 45.8 Å². The number of nitrogens with zero attached hydrogens (tertiary/aromatic N) is 2. The van der Waals surface area contributed by atoms with E-state index < -0.39 is 0 Å². The SMILES string of the molecule is CN1CCC(CN(C)C(CN)CC(=O)NC2CC2)C1. The number of amides is 1. The van der Waals surface area contributed by atoms with Crippen LogP contribution in [0, 0.1) is 5.92 Å². The number of carbonyl (C=O) groups excluding carboxylic acids is 1. The van der Waals surface area contributed by atoms with E-state index in [1.807, 2.05) is 0 Å². The summed E-state index contributed by atoms with van der Waals surface area (Å²) in [5.74, 6) is 0.879. The molecule has 5 heteroatoms. The first-order chi connectivity index (χ1) is 9.08. The summed E-state index contributed by atoms with van der Waals surface area (Å²) in [4.78, 5) is 16.5. The maximum absolute atomic E-state index is 11.9. The molecule has 0 radical (unpaired) electrons. The molecule has 0 aromatic rings. The molecule has 1 aliphatic heterocycles. The molecule has 2 aliphatic rings. The van der Waals surface area contributed by atoms with Gasteiger partial charge in [0.1, 0.15) is 0 Å². The molecule has 0 aromatic carbocycles. The van der Waals surface area contributed by atoms with Gasteiger partial charge in [0.15, 0.2) is 0 Å². The monoisotopic (exact) mass is 268 g/mol. The number of nitrogens with one attached hydrogen (secondary N) is 1. The first kappa shape index (κ1) is 14.8. The van der Waals surface area contributed by atoms with E-state index in [-0.39, 0.29) is 11.9 Å².